The minimum Gasteiger partial charge on any atom is -0.377 e. The van der Waals surface area contributed by atoms with Gasteiger partial charge in [-0.3, -0.25) is 14.6 Å². The molecule has 4 saturated carbocycles. The Balaban J connectivity index is 1.26. The maximum absolute atomic E-state index is 12.8. The molecule has 0 spiro atoms. The van der Waals surface area contributed by atoms with E-state index in [0.29, 0.717) is 11.0 Å². The number of carbonyl (C=O) groups is 1. The lowest BCUT2D eigenvalue weighted by Gasteiger charge is -2.57. The zero-order valence-corrected chi connectivity index (χ0v) is 18.4. The van der Waals surface area contributed by atoms with Gasteiger partial charge in [0, 0.05) is 24.5 Å². The van der Waals surface area contributed by atoms with E-state index in [2.05, 4.69) is 36.6 Å². The van der Waals surface area contributed by atoms with Crippen molar-refractivity contribution in [3.63, 3.8) is 0 Å². The molecule has 8 heteroatoms. The number of pyridine rings is 1. The molecule has 30 heavy (non-hydrogen) atoms. The summed E-state index contributed by atoms with van der Waals surface area (Å²) in [7, 11) is 0. The largest absolute Gasteiger partial charge is 0.377 e. The maximum atomic E-state index is 12.8. The molecule has 7 nitrogen and oxygen atoms in total. The zero-order chi connectivity index (χ0) is 20.7. The van der Waals surface area contributed by atoms with Crippen LogP contribution in [0.4, 0.5) is 5.69 Å². The van der Waals surface area contributed by atoms with E-state index in [9.17, 15) is 9.59 Å². The highest BCUT2D eigenvalue weighted by Crippen LogP contribution is 2.56. The van der Waals surface area contributed by atoms with Gasteiger partial charge in [0.2, 0.25) is 5.91 Å². The fourth-order valence-corrected chi connectivity index (χ4v) is 6.51. The molecule has 2 aromatic rings. The molecule has 2 N–H and O–H groups in total. The van der Waals surface area contributed by atoms with Crippen molar-refractivity contribution in [3.8, 4) is 0 Å². The van der Waals surface area contributed by atoms with E-state index in [1.165, 1.54) is 43.2 Å². The van der Waals surface area contributed by atoms with Crippen LogP contribution in [0.15, 0.2) is 40.0 Å². The summed E-state index contributed by atoms with van der Waals surface area (Å²) in [6.45, 7) is 0.281. The third-order valence-electron chi connectivity index (χ3n) is 6.96. The Labute approximate surface area is 183 Å². The van der Waals surface area contributed by atoms with Gasteiger partial charge in [0.1, 0.15) is 11.0 Å². The summed E-state index contributed by atoms with van der Waals surface area (Å²) in [5.41, 5.74) is 1.51. The second-order valence-electron chi connectivity index (χ2n) is 9.29. The Bertz CT molecular complexity index is 971. The van der Waals surface area contributed by atoms with Crippen molar-refractivity contribution in [1.82, 2.24) is 20.1 Å². The van der Waals surface area contributed by atoms with E-state index >= 15 is 0 Å². The summed E-state index contributed by atoms with van der Waals surface area (Å²) in [6.07, 6.45) is 12.7. The van der Waals surface area contributed by atoms with Gasteiger partial charge in [0.25, 0.3) is 5.56 Å². The van der Waals surface area contributed by atoms with Gasteiger partial charge in [-0.05, 0) is 89.9 Å². The second kappa shape index (κ2) is 7.80. The summed E-state index contributed by atoms with van der Waals surface area (Å²) in [5.74, 6) is 2.20. The number of amides is 1. The summed E-state index contributed by atoms with van der Waals surface area (Å²) < 4.78 is 1.66. The first-order valence-electron chi connectivity index (χ1n) is 10.7. The topological polar surface area (TPSA) is 88.9 Å². The first kappa shape index (κ1) is 19.7. The molecule has 0 radical (unpaired) electrons. The number of hydrogen-bond donors (Lipinski definition) is 2. The number of anilines is 1. The van der Waals surface area contributed by atoms with E-state index in [4.69, 9.17) is 0 Å². The smallest absolute Gasteiger partial charge is 0.283 e. The minimum atomic E-state index is -0.288. The molecular weight excluding hydrogens is 446 g/mol. The average molecular weight is 472 g/mol. The van der Waals surface area contributed by atoms with E-state index in [1.54, 1.807) is 18.6 Å². The Kier molecular flexibility index (Phi) is 5.13. The van der Waals surface area contributed by atoms with Crippen molar-refractivity contribution in [2.75, 3.05) is 5.32 Å². The molecule has 0 aromatic carbocycles. The Hall–Kier alpha value is -2.22. The molecule has 0 unspecified atom stereocenters. The van der Waals surface area contributed by atoms with Gasteiger partial charge < -0.3 is 10.6 Å². The van der Waals surface area contributed by atoms with Crippen LogP contribution < -0.4 is 16.2 Å². The Morgan fingerprint density at radius 3 is 2.40 bits per heavy atom. The normalized spacial score (nSPS) is 29.0. The zero-order valence-electron chi connectivity index (χ0n) is 16.8. The minimum absolute atomic E-state index is 0.0967. The standard InChI is InChI=1S/C22H26BrN5O2/c23-20-18(27-22-8-15-5-16(9-22)7-17(6-15)10-22)12-26-28(21(20)30)13-19(29)25-11-14-1-3-24-4-2-14/h1-4,12,15-17,27H,5-11,13H2,(H,25,29). The lowest BCUT2D eigenvalue weighted by atomic mass is 9.53. The van der Waals surface area contributed by atoms with Gasteiger partial charge in [-0.15, -0.1) is 0 Å². The quantitative estimate of drug-likeness (QED) is 0.675. The van der Waals surface area contributed by atoms with E-state index in [-0.39, 0.29) is 23.6 Å². The fraction of sp³-hybridized carbons (Fsp3) is 0.545. The molecule has 0 atom stereocenters. The number of nitrogens with zero attached hydrogens (tertiary/aromatic N) is 3. The molecule has 1 amide bonds. The first-order valence-corrected chi connectivity index (χ1v) is 11.5. The Morgan fingerprint density at radius 1 is 1.13 bits per heavy atom. The number of nitrogens with one attached hydrogen (secondary N) is 2. The van der Waals surface area contributed by atoms with Crippen LogP contribution in [0.5, 0.6) is 0 Å². The van der Waals surface area contributed by atoms with Crippen molar-refractivity contribution in [2.24, 2.45) is 17.8 Å². The van der Waals surface area contributed by atoms with E-state index in [1.807, 2.05) is 12.1 Å². The molecule has 6 rings (SSSR count). The SMILES string of the molecule is O=C(Cn1ncc(NC23CC4CC(CC(C4)C2)C3)c(Br)c1=O)NCc1ccncc1. The first-order chi connectivity index (χ1) is 14.5. The molecule has 4 bridgehead atoms. The number of aromatic nitrogens is 3. The summed E-state index contributed by atoms with van der Waals surface area (Å²) in [4.78, 5) is 29.0. The molecule has 0 aliphatic heterocycles. The highest BCUT2D eigenvalue weighted by Gasteiger charge is 2.51. The van der Waals surface area contributed by atoms with Crippen LogP contribution in [-0.2, 0) is 17.9 Å². The van der Waals surface area contributed by atoms with Crippen molar-refractivity contribution in [1.29, 1.82) is 0 Å². The van der Waals surface area contributed by atoms with Crippen LogP contribution in [0, 0.1) is 17.8 Å². The fourth-order valence-electron chi connectivity index (χ4n) is 6.11. The van der Waals surface area contributed by atoms with Crippen LogP contribution >= 0.6 is 15.9 Å². The van der Waals surface area contributed by atoms with Crippen LogP contribution in [-0.4, -0.2) is 26.2 Å². The molecule has 4 aliphatic carbocycles. The van der Waals surface area contributed by atoms with Crippen LogP contribution in [0.3, 0.4) is 0 Å². The number of carbonyl (C=O) groups excluding carboxylic acids is 1. The number of rotatable bonds is 6. The summed E-state index contributed by atoms with van der Waals surface area (Å²) >= 11 is 3.46. The van der Waals surface area contributed by atoms with Gasteiger partial charge >= 0.3 is 0 Å². The average Bonchev–Trinajstić information content (AvgIpc) is 2.72. The second-order valence-corrected chi connectivity index (χ2v) is 10.1. The summed E-state index contributed by atoms with van der Waals surface area (Å²) in [6, 6.07) is 3.68. The highest BCUT2D eigenvalue weighted by atomic mass is 79.9. The van der Waals surface area contributed by atoms with Crippen molar-refractivity contribution < 1.29 is 4.79 Å². The Morgan fingerprint density at radius 2 is 1.77 bits per heavy atom. The van der Waals surface area contributed by atoms with E-state index < -0.39 is 0 Å². The van der Waals surface area contributed by atoms with E-state index in [0.717, 1.165) is 29.0 Å². The molecular formula is C22H26BrN5O2. The van der Waals surface area contributed by atoms with Gasteiger partial charge in [-0.2, -0.15) is 5.10 Å². The van der Waals surface area contributed by atoms with Crippen molar-refractivity contribution in [2.45, 2.75) is 57.2 Å². The highest BCUT2D eigenvalue weighted by molar-refractivity contribution is 9.10. The van der Waals surface area contributed by atoms with Gasteiger partial charge in [0.15, 0.2) is 0 Å². The van der Waals surface area contributed by atoms with Gasteiger partial charge in [0.05, 0.1) is 11.9 Å². The van der Waals surface area contributed by atoms with Crippen molar-refractivity contribution >= 4 is 27.5 Å². The third-order valence-corrected chi connectivity index (χ3v) is 7.72. The molecule has 2 aromatic heterocycles. The predicted octanol–water partition coefficient (Wildman–Crippen LogP) is 3.10. The van der Waals surface area contributed by atoms with Gasteiger partial charge in [-0.1, -0.05) is 0 Å². The van der Waals surface area contributed by atoms with Gasteiger partial charge in [-0.25, -0.2) is 4.68 Å². The predicted molar refractivity (Wildman–Crippen MR) is 117 cm³/mol. The molecule has 158 valence electrons. The summed E-state index contributed by atoms with van der Waals surface area (Å²) in [5, 5.41) is 10.8. The van der Waals surface area contributed by atoms with Crippen molar-refractivity contribution in [3.05, 3.63) is 51.1 Å². The molecule has 4 fully saturated rings. The van der Waals surface area contributed by atoms with Crippen LogP contribution in [0.25, 0.3) is 0 Å². The molecule has 0 saturated heterocycles. The molecule has 2 heterocycles. The van der Waals surface area contributed by atoms with Crippen LogP contribution in [0.2, 0.25) is 0 Å². The lowest BCUT2D eigenvalue weighted by Crippen LogP contribution is -2.55. The third kappa shape index (κ3) is 3.89. The number of hydrogen-bond acceptors (Lipinski definition) is 5. The monoisotopic (exact) mass is 471 g/mol. The number of halogens is 1. The molecule has 4 aliphatic rings. The lowest BCUT2D eigenvalue weighted by molar-refractivity contribution is -0.122. The van der Waals surface area contributed by atoms with Crippen LogP contribution in [0.1, 0.15) is 44.1 Å². The maximum Gasteiger partial charge on any atom is 0.283 e.